The van der Waals surface area contributed by atoms with Gasteiger partial charge in [0.15, 0.2) is 0 Å². The van der Waals surface area contributed by atoms with Crippen LogP contribution in [0.3, 0.4) is 0 Å². The minimum absolute atomic E-state index is 0.127. The van der Waals surface area contributed by atoms with Gasteiger partial charge in [0.25, 0.3) is 0 Å². The zero-order chi connectivity index (χ0) is 21.6. The van der Waals surface area contributed by atoms with Crippen molar-refractivity contribution in [2.45, 2.75) is 37.9 Å². The lowest BCUT2D eigenvalue weighted by molar-refractivity contribution is 0.0545. The summed E-state index contributed by atoms with van der Waals surface area (Å²) in [6.45, 7) is 1.75. The highest BCUT2D eigenvalue weighted by Crippen LogP contribution is 2.67. The highest BCUT2D eigenvalue weighted by atomic mass is 79.9. The number of hydrogen-bond acceptors (Lipinski definition) is 9. The van der Waals surface area contributed by atoms with Gasteiger partial charge >= 0.3 is 23.5 Å². The van der Waals surface area contributed by atoms with Crippen LogP contribution in [0.4, 0.5) is 0 Å². The highest BCUT2D eigenvalue weighted by molar-refractivity contribution is 9.09. The van der Waals surface area contributed by atoms with E-state index < -0.39 is 47.9 Å². The maximum Gasteiger partial charge on any atom is 0.490 e. The highest BCUT2D eigenvalue weighted by Gasteiger charge is 2.42. The van der Waals surface area contributed by atoms with Gasteiger partial charge in [-0.2, -0.15) is 8.62 Å². The average molecular weight is 588 g/mol. The summed E-state index contributed by atoms with van der Waals surface area (Å²) >= 11 is 6.01. The second-order valence-electron chi connectivity index (χ2n) is 6.00. The van der Waals surface area contributed by atoms with Crippen molar-refractivity contribution in [1.82, 2.24) is 0 Å². The summed E-state index contributed by atoms with van der Waals surface area (Å²) < 4.78 is 51.5. The minimum atomic E-state index is -5.53. The third-order valence-electron chi connectivity index (χ3n) is 2.78. The Hall–Kier alpha value is 1.29. The van der Waals surface area contributed by atoms with E-state index in [1.54, 1.807) is 0 Å². The van der Waals surface area contributed by atoms with Crippen LogP contribution in [0.5, 0.6) is 0 Å². The standard InChI is InChI=1S/C10H23Br2O12P3/c1-9(13,7-11)3-5-21-25(15,16)23-27(19,20)24-26(17,18)22-6-4-10(2,14)8-12/h13-14H,3-8H2,1-2H3,(H,15,16)(H,17,18)(H,19,20). The summed E-state index contributed by atoms with van der Waals surface area (Å²) in [5.74, 6) is 0. The minimum Gasteiger partial charge on any atom is -0.389 e. The van der Waals surface area contributed by atoms with Crippen LogP contribution in [-0.4, -0.2) is 60.0 Å². The van der Waals surface area contributed by atoms with Gasteiger partial charge < -0.3 is 24.9 Å². The van der Waals surface area contributed by atoms with E-state index in [4.69, 9.17) is 0 Å². The summed E-state index contributed by atoms with van der Waals surface area (Å²) in [7, 11) is -15.8. The summed E-state index contributed by atoms with van der Waals surface area (Å²) in [6, 6.07) is 0. The van der Waals surface area contributed by atoms with Crippen LogP contribution in [0.25, 0.3) is 0 Å². The zero-order valence-electron chi connectivity index (χ0n) is 14.4. The van der Waals surface area contributed by atoms with Crippen molar-refractivity contribution in [2.24, 2.45) is 0 Å². The fourth-order valence-corrected chi connectivity index (χ4v) is 5.27. The maximum atomic E-state index is 11.7. The summed E-state index contributed by atoms with van der Waals surface area (Å²) in [6.07, 6.45) is -0.254. The lowest BCUT2D eigenvalue weighted by atomic mass is 10.1. The van der Waals surface area contributed by atoms with Crippen LogP contribution in [0.1, 0.15) is 26.7 Å². The molecule has 17 heteroatoms. The quantitative estimate of drug-likeness (QED) is 0.148. The molecule has 0 spiro atoms. The first kappa shape index (κ1) is 28.3. The van der Waals surface area contributed by atoms with E-state index in [9.17, 15) is 38.6 Å². The van der Waals surface area contributed by atoms with Gasteiger partial charge in [0, 0.05) is 23.5 Å². The predicted molar refractivity (Wildman–Crippen MR) is 102 cm³/mol. The molecule has 12 nitrogen and oxygen atoms in total. The molecule has 0 heterocycles. The molecule has 0 aromatic rings. The second kappa shape index (κ2) is 11.1. The van der Waals surface area contributed by atoms with Crippen LogP contribution >= 0.6 is 55.3 Å². The van der Waals surface area contributed by atoms with E-state index in [0.29, 0.717) is 0 Å². The third-order valence-corrected chi connectivity index (χ3v) is 9.51. The summed E-state index contributed by atoms with van der Waals surface area (Å²) in [5, 5.41) is 19.6. The molecule has 0 saturated heterocycles. The molecule has 0 aliphatic rings. The monoisotopic (exact) mass is 586 g/mol. The van der Waals surface area contributed by atoms with Crippen LogP contribution in [0.15, 0.2) is 0 Å². The maximum absolute atomic E-state index is 11.7. The van der Waals surface area contributed by atoms with Gasteiger partial charge in [-0.1, -0.05) is 31.9 Å². The smallest absolute Gasteiger partial charge is 0.389 e. The molecule has 0 saturated carbocycles. The molecule has 0 rings (SSSR count). The first-order valence-electron chi connectivity index (χ1n) is 7.22. The molecule has 0 bridgehead atoms. The molecule has 0 aromatic heterocycles. The molecule has 0 fully saturated rings. The first-order valence-corrected chi connectivity index (χ1v) is 13.9. The van der Waals surface area contributed by atoms with Gasteiger partial charge in [-0.25, -0.2) is 13.7 Å². The van der Waals surface area contributed by atoms with E-state index in [1.807, 2.05) is 0 Å². The Bertz CT molecular complexity index is 564. The van der Waals surface area contributed by atoms with E-state index in [0.717, 1.165) is 0 Å². The lowest BCUT2D eigenvalue weighted by Gasteiger charge is -2.22. The molecule has 164 valence electrons. The van der Waals surface area contributed by atoms with E-state index in [1.165, 1.54) is 13.8 Å². The Kier molecular flexibility index (Phi) is 11.6. The van der Waals surface area contributed by atoms with Crippen molar-refractivity contribution >= 4 is 55.3 Å². The number of alkyl halides is 2. The number of rotatable bonds is 14. The van der Waals surface area contributed by atoms with Crippen molar-refractivity contribution in [3.8, 4) is 0 Å². The van der Waals surface area contributed by atoms with Crippen LogP contribution in [-0.2, 0) is 31.4 Å². The Morgan fingerprint density at radius 2 is 1.04 bits per heavy atom. The summed E-state index contributed by atoms with van der Waals surface area (Å²) in [5.41, 5.74) is -2.55. The van der Waals surface area contributed by atoms with Crippen molar-refractivity contribution in [3.05, 3.63) is 0 Å². The topological polar surface area (TPSA) is 189 Å². The number of hydrogen-bond donors (Lipinski definition) is 5. The molecule has 4 atom stereocenters. The number of phosphoric ester groups is 2. The van der Waals surface area contributed by atoms with Crippen molar-refractivity contribution in [3.63, 3.8) is 0 Å². The number of halogens is 2. The Labute approximate surface area is 173 Å². The molecule has 0 amide bonds. The van der Waals surface area contributed by atoms with Gasteiger partial charge in [0.05, 0.1) is 24.4 Å². The van der Waals surface area contributed by atoms with Gasteiger partial charge in [-0.05, 0) is 13.8 Å². The van der Waals surface area contributed by atoms with E-state index in [-0.39, 0.29) is 23.5 Å². The Morgan fingerprint density at radius 3 is 1.30 bits per heavy atom. The molecule has 0 aromatic carbocycles. The molecule has 27 heavy (non-hydrogen) atoms. The zero-order valence-corrected chi connectivity index (χ0v) is 20.3. The molecule has 5 N–H and O–H groups in total. The average Bonchev–Trinajstić information content (AvgIpc) is 2.43. The fourth-order valence-electron chi connectivity index (χ4n) is 1.22. The van der Waals surface area contributed by atoms with Crippen molar-refractivity contribution < 1.29 is 56.3 Å². The molecule has 0 radical (unpaired) electrons. The molecule has 4 unspecified atom stereocenters. The molecular weight excluding hydrogens is 565 g/mol. The Balaban J connectivity index is 4.65. The van der Waals surface area contributed by atoms with Crippen LogP contribution < -0.4 is 0 Å². The van der Waals surface area contributed by atoms with E-state index >= 15 is 0 Å². The van der Waals surface area contributed by atoms with Gasteiger partial charge in [-0.15, -0.1) is 0 Å². The Morgan fingerprint density at radius 1 is 0.741 bits per heavy atom. The van der Waals surface area contributed by atoms with Gasteiger partial charge in [0.1, 0.15) is 0 Å². The predicted octanol–water partition coefficient (Wildman–Crippen LogP) is 2.43. The third kappa shape index (κ3) is 14.0. The normalized spacial score (nSPS) is 23.4. The van der Waals surface area contributed by atoms with Crippen LogP contribution in [0, 0.1) is 0 Å². The molecule has 0 aliphatic carbocycles. The SMILES string of the molecule is CC(O)(CBr)CCOP(=O)(O)OP(=O)(O)OP(=O)(O)OCCC(C)(O)CBr. The molecule has 0 aliphatic heterocycles. The number of phosphoric acid groups is 3. The van der Waals surface area contributed by atoms with Gasteiger partial charge in [-0.3, -0.25) is 9.05 Å². The van der Waals surface area contributed by atoms with Gasteiger partial charge in [0.2, 0.25) is 0 Å². The second-order valence-corrected chi connectivity index (χ2v) is 11.8. The number of aliphatic hydroxyl groups is 2. The first-order chi connectivity index (χ1) is 11.9. The largest absolute Gasteiger partial charge is 0.490 e. The summed E-state index contributed by atoms with van der Waals surface area (Å²) in [4.78, 5) is 28.1. The molecular formula is C10H23Br2O12P3. The van der Waals surface area contributed by atoms with E-state index in [2.05, 4.69) is 49.5 Å². The van der Waals surface area contributed by atoms with Crippen molar-refractivity contribution in [2.75, 3.05) is 23.9 Å². The fraction of sp³-hybridized carbons (Fsp3) is 1.00. The lowest BCUT2D eigenvalue weighted by Crippen LogP contribution is -2.27. The van der Waals surface area contributed by atoms with Crippen LogP contribution in [0.2, 0.25) is 0 Å². The van der Waals surface area contributed by atoms with Crippen molar-refractivity contribution in [1.29, 1.82) is 0 Å².